The van der Waals surface area contributed by atoms with Crippen molar-refractivity contribution in [3.05, 3.63) is 17.1 Å². The van der Waals surface area contributed by atoms with Crippen molar-refractivity contribution in [2.24, 2.45) is 0 Å². The van der Waals surface area contributed by atoms with Crippen molar-refractivity contribution < 1.29 is 47.3 Å². The molecule has 2 N–H and O–H groups in total. The Kier molecular flexibility index (Phi) is 3.59. The van der Waals surface area contributed by atoms with Crippen LogP contribution < -0.4 is 9.39 Å². The molecule has 0 aromatic carbocycles. The van der Waals surface area contributed by atoms with Crippen molar-refractivity contribution in [3.63, 3.8) is 0 Å². The first-order valence-electron chi connectivity index (χ1n) is 2.23. The number of H-pyrrole nitrogens is 1. The van der Waals surface area contributed by atoms with Gasteiger partial charge in [0.05, 0.1) is 4.54 Å². The van der Waals surface area contributed by atoms with Crippen LogP contribution in [0.3, 0.4) is 0 Å². The minimum Gasteiger partial charge on any atom is -0.290 e. The van der Waals surface area contributed by atoms with E-state index in [0.29, 0.717) is 10.7 Å². The fourth-order valence-corrected chi connectivity index (χ4v) is 0.440. The number of aromatic nitrogens is 4. The summed E-state index contributed by atoms with van der Waals surface area (Å²) in [4.78, 5) is 10.7. The molecule has 0 unspecified atom stereocenters. The predicted molar refractivity (Wildman–Crippen MR) is 22.9 cm³/mol. The molecule has 0 amide bonds. The SMILES string of the molecule is Cc1n[n+](=O)[c-][n+](O)[nH]1.[Y]. The number of aryl methyl sites for hydroxylation is 1. The van der Waals surface area contributed by atoms with Gasteiger partial charge >= 0.3 is 6.33 Å². The van der Waals surface area contributed by atoms with Gasteiger partial charge < -0.3 is 0 Å². The first-order valence-corrected chi connectivity index (χ1v) is 2.23. The van der Waals surface area contributed by atoms with E-state index in [1.807, 2.05) is 6.33 Å². The summed E-state index contributed by atoms with van der Waals surface area (Å²) >= 11 is 0. The van der Waals surface area contributed by atoms with E-state index in [0.717, 1.165) is 0 Å². The fourth-order valence-electron chi connectivity index (χ4n) is 0.440. The van der Waals surface area contributed by atoms with Crippen LogP contribution in [-0.4, -0.2) is 15.4 Å². The number of nitrogens with zero attached hydrogens (tertiary/aromatic N) is 3. The molecule has 0 fully saturated rings. The van der Waals surface area contributed by atoms with Crippen LogP contribution >= 0.6 is 0 Å². The van der Waals surface area contributed by atoms with Crippen molar-refractivity contribution in [1.29, 1.82) is 0 Å². The van der Waals surface area contributed by atoms with Crippen molar-refractivity contribution in [1.82, 2.24) is 10.2 Å². The van der Waals surface area contributed by atoms with Gasteiger partial charge in [0.2, 0.25) is 5.82 Å². The zero-order chi connectivity index (χ0) is 6.85. The second kappa shape index (κ2) is 3.73. The summed E-state index contributed by atoms with van der Waals surface area (Å²) < 4.78 is 0.131. The number of aromatic amines is 1. The Morgan fingerprint density at radius 3 is 2.80 bits per heavy atom. The van der Waals surface area contributed by atoms with Crippen molar-refractivity contribution >= 4 is 0 Å². The van der Waals surface area contributed by atoms with E-state index in [4.69, 9.17) is 5.21 Å². The summed E-state index contributed by atoms with van der Waals surface area (Å²) in [7, 11) is 0. The molecule has 1 aromatic heterocycles. The van der Waals surface area contributed by atoms with E-state index in [9.17, 15) is 4.91 Å². The van der Waals surface area contributed by atoms with Gasteiger partial charge in [-0.15, -0.1) is 5.10 Å². The van der Waals surface area contributed by atoms with E-state index < -0.39 is 0 Å². The maximum Gasteiger partial charge on any atom is 0.318 e. The van der Waals surface area contributed by atoms with Crippen LogP contribution in [0, 0.1) is 18.2 Å². The predicted octanol–water partition coefficient (Wildman–Crippen LogP) is -2.04. The molecule has 0 saturated carbocycles. The van der Waals surface area contributed by atoms with Crippen molar-refractivity contribution in [3.8, 4) is 0 Å². The third kappa shape index (κ3) is 2.49. The molecule has 6 nitrogen and oxygen atoms in total. The quantitative estimate of drug-likeness (QED) is 0.299. The summed E-state index contributed by atoms with van der Waals surface area (Å²) in [6, 6.07) is 0. The maximum atomic E-state index is 10.3. The van der Waals surface area contributed by atoms with Crippen LogP contribution in [0.4, 0.5) is 0 Å². The van der Waals surface area contributed by atoms with Crippen LogP contribution in [0.1, 0.15) is 5.82 Å². The molecular formula is C3H5N4O2Y+. The Morgan fingerprint density at radius 1 is 1.80 bits per heavy atom. The Morgan fingerprint density at radius 2 is 2.40 bits per heavy atom. The number of hydrogen-bond donors (Lipinski definition) is 2. The molecule has 1 aromatic rings. The minimum atomic E-state index is 0. The van der Waals surface area contributed by atoms with Crippen LogP contribution in [0.5, 0.6) is 0 Å². The number of hydrogen-bond acceptors (Lipinski definition) is 3. The molecule has 1 heterocycles. The van der Waals surface area contributed by atoms with Crippen LogP contribution in [0.2, 0.25) is 0 Å². The average molecular weight is 218 g/mol. The van der Waals surface area contributed by atoms with Gasteiger partial charge in [-0.05, 0) is 4.85 Å². The van der Waals surface area contributed by atoms with Crippen molar-refractivity contribution in [2.75, 3.05) is 0 Å². The number of rotatable bonds is 0. The molecular weight excluding hydrogens is 213 g/mol. The Bertz CT molecular complexity index is 248. The second-order valence-corrected chi connectivity index (χ2v) is 1.48. The molecule has 0 bridgehead atoms. The molecule has 0 aliphatic carbocycles. The molecule has 1 rings (SSSR count). The van der Waals surface area contributed by atoms with Gasteiger partial charge in [0.25, 0.3) is 0 Å². The second-order valence-electron chi connectivity index (χ2n) is 1.48. The Labute approximate surface area is 81.3 Å². The summed E-state index contributed by atoms with van der Waals surface area (Å²) in [5.74, 6) is 0.311. The molecule has 0 saturated heterocycles. The Balaban J connectivity index is 0.000000810. The van der Waals surface area contributed by atoms with Gasteiger partial charge in [0.15, 0.2) is 0 Å². The molecule has 0 spiro atoms. The summed E-state index contributed by atoms with van der Waals surface area (Å²) in [6.07, 6.45) is 1.88. The third-order valence-electron chi connectivity index (χ3n) is 0.689. The Hall–Kier alpha value is -0.356. The largest absolute Gasteiger partial charge is 0.318 e. The fraction of sp³-hybridized carbons (Fsp3) is 0.333. The summed E-state index contributed by atoms with van der Waals surface area (Å²) in [5, 5.41) is 14.1. The molecule has 0 atom stereocenters. The standard InChI is InChI=1S/C3H5N4O2.Y/c1-3-4-6(8)2-7(9)5-3;/h1H3,(H2,4,5,8,9);/q+1;. The van der Waals surface area contributed by atoms with Crippen LogP contribution in [-0.2, 0) is 32.7 Å². The van der Waals surface area contributed by atoms with Gasteiger partial charge in [-0.2, -0.15) is 0 Å². The molecule has 10 heavy (non-hydrogen) atoms. The first kappa shape index (κ1) is 9.64. The molecule has 0 aliphatic rings. The smallest absolute Gasteiger partial charge is 0.290 e. The normalized spacial score (nSPS) is 8.50. The van der Waals surface area contributed by atoms with Gasteiger partial charge in [-0.1, -0.05) is 0 Å². The van der Waals surface area contributed by atoms with E-state index in [1.165, 1.54) is 6.92 Å². The van der Waals surface area contributed by atoms with Crippen LogP contribution in [0.25, 0.3) is 0 Å². The van der Waals surface area contributed by atoms with E-state index in [-0.39, 0.29) is 37.3 Å². The van der Waals surface area contributed by atoms with Gasteiger partial charge in [0.1, 0.15) is 0 Å². The molecule has 1 radical (unpaired) electrons. The van der Waals surface area contributed by atoms with Gasteiger partial charge in [0, 0.05) is 49.6 Å². The first-order chi connectivity index (χ1) is 4.18. The average Bonchev–Trinajstić information content (AvgIpc) is 1.59. The summed E-state index contributed by atoms with van der Waals surface area (Å²) in [6.45, 7) is 1.54. The number of nitrogens with one attached hydrogen (secondary N) is 1. The molecule has 0 aliphatic heterocycles. The van der Waals surface area contributed by atoms with E-state index in [2.05, 4.69) is 10.2 Å². The maximum absolute atomic E-state index is 10.3. The van der Waals surface area contributed by atoms with Gasteiger partial charge in [-0.25, -0.2) is 0 Å². The summed E-state index contributed by atoms with van der Waals surface area (Å²) in [5.41, 5.74) is 0. The van der Waals surface area contributed by atoms with Crippen molar-refractivity contribution in [2.45, 2.75) is 6.92 Å². The van der Waals surface area contributed by atoms with E-state index >= 15 is 0 Å². The third-order valence-corrected chi connectivity index (χ3v) is 0.689. The minimum absolute atomic E-state index is 0. The molecule has 51 valence electrons. The van der Waals surface area contributed by atoms with E-state index in [1.54, 1.807) is 0 Å². The van der Waals surface area contributed by atoms with Crippen LogP contribution in [0.15, 0.2) is 0 Å². The molecule has 7 heteroatoms. The zero-order valence-electron chi connectivity index (χ0n) is 5.27. The topological polar surface area (TPSA) is 75.8 Å². The van der Waals surface area contributed by atoms with Gasteiger partial charge in [-0.3, -0.25) is 5.21 Å². The monoisotopic (exact) mass is 218 g/mol. The zero-order valence-corrected chi connectivity index (χ0v) is 8.11.